The van der Waals surface area contributed by atoms with Crippen molar-refractivity contribution in [2.45, 2.75) is 139 Å². The van der Waals surface area contributed by atoms with Gasteiger partial charge in [0, 0.05) is 57.0 Å². The van der Waals surface area contributed by atoms with Crippen molar-refractivity contribution >= 4 is 103 Å². The van der Waals surface area contributed by atoms with Crippen LogP contribution in [0.3, 0.4) is 0 Å². The standard InChI is InChI=1S/C26H36BrN5O3S.C24H30BrClN4O2S/c1-26(2,3)25-30-22-14-19(10-11-23(22)32(25)17-18-8-6-5-7-9-18)31(4)36(34,35)20-15-21(27)24(29-16-20)28-12-13-33;1-24(2,3)23-28-20-12-17(10-11-21(20)30(23)15-16-8-6-5-7-9-16)29(4)33(31,32)18-13-19(25)22(26)27-14-18/h10-11,14-16,18,33H,5-9,12-13,17H2,1-4H3,(H,28,29);10-14,16H,5-9,15H2,1-4H3. The molecule has 374 valence electrons. The zero-order chi connectivity index (χ0) is 50.1. The number of pyridine rings is 2. The molecule has 0 atom stereocenters. The molecule has 0 radical (unpaired) electrons. The van der Waals surface area contributed by atoms with E-state index in [1.165, 1.54) is 97.3 Å². The third kappa shape index (κ3) is 11.9. The van der Waals surface area contributed by atoms with E-state index in [9.17, 15) is 16.8 Å². The first kappa shape index (κ1) is 53.0. The molecule has 0 aliphatic heterocycles. The average molecular weight is 1130 g/mol. The zero-order valence-electron chi connectivity index (χ0n) is 40.9. The number of halogens is 3. The van der Waals surface area contributed by atoms with Crippen molar-refractivity contribution in [2.24, 2.45) is 11.8 Å². The summed E-state index contributed by atoms with van der Waals surface area (Å²) < 4.78 is 61.5. The monoisotopic (exact) mass is 1130 g/mol. The number of nitrogens with one attached hydrogen (secondary N) is 1. The normalized spacial score (nSPS) is 15.6. The molecule has 0 unspecified atom stereocenters. The smallest absolute Gasteiger partial charge is 0.265 e. The molecule has 0 spiro atoms. The van der Waals surface area contributed by atoms with Crippen molar-refractivity contribution in [1.82, 2.24) is 29.1 Å². The van der Waals surface area contributed by atoms with Gasteiger partial charge in [0.15, 0.2) is 0 Å². The molecule has 4 aromatic heterocycles. The second kappa shape index (κ2) is 21.5. The van der Waals surface area contributed by atoms with Crippen LogP contribution >= 0.6 is 43.5 Å². The number of fused-ring (bicyclic) bond motifs is 2. The van der Waals surface area contributed by atoms with Crippen LogP contribution in [0.25, 0.3) is 22.1 Å². The van der Waals surface area contributed by atoms with Gasteiger partial charge in [-0.3, -0.25) is 8.61 Å². The maximum atomic E-state index is 13.4. The van der Waals surface area contributed by atoms with E-state index >= 15 is 0 Å². The minimum atomic E-state index is -3.85. The lowest BCUT2D eigenvalue weighted by atomic mass is 9.88. The van der Waals surface area contributed by atoms with Crippen LogP contribution in [-0.4, -0.2) is 78.3 Å². The van der Waals surface area contributed by atoms with Gasteiger partial charge >= 0.3 is 0 Å². The van der Waals surface area contributed by atoms with Crippen molar-refractivity contribution in [3.8, 4) is 0 Å². The first-order chi connectivity index (χ1) is 32.5. The Labute approximate surface area is 430 Å². The highest BCUT2D eigenvalue weighted by molar-refractivity contribution is 9.11. The fourth-order valence-electron chi connectivity index (χ4n) is 9.40. The lowest BCUT2D eigenvalue weighted by Crippen LogP contribution is -2.26. The van der Waals surface area contributed by atoms with Crippen LogP contribution in [0.15, 0.2) is 79.7 Å². The maximum Gasteiger partial charge on any atom is 0.265 e. The summed E-state index contributed by atoms with van der Waals surface area (Å²) >= 11 is 12.6. The Kier molecular flexibility index (Phi) is 16.5. The Morgan fingerprint density at radius 1 is 0.667 bits per heavy atom. The lowest BCUT2D eigenvalue weighted by Gasteiger charge is -2.26. The molecule has 19 heteroatoms. The van der Waals surface area contributed by atoms with Crippen molar-refractivity contribution in [1.29, 1.82) is 0 Å². The van der Waals surface area contributed by atoms with E-state index in [4.69, 9.17) is 26.7 Å². The molecule has 0 bridgehead atoms. The summed E-state index contributed by atoms with van der Waals surface area (Å²) in [5.41, 5.74) is 4.56. The molecule has 0 amide bonds. The zero-order valence-corrected chi connectivity index (χ0v) is 46.5. The molecular formula is C50H66Br2ClN9O5S2. The molecule has 2 N–H and O–H groups in total. The molecule has 6 aromatic rings. The number of hydrogen-bond donors (Lipinski definition) is 2. The minimum Gasteiger partial charge on any atom is -0.395 e. The number of aliphatic hydroxyl groups excluding tert-OH is 1. The van der Waals surface area contributed by atoms with Gasteiger partial charge in [0.25, 0.3) is 20.0 Å². The number of imidazole rings is 2. The van der Waals surface area contributed by atoms with Crippen LogP contribution in [0.5, 0.6) is 0 Å². The number of nitrogens with zero attached hydrogens (tertiary/aromatic N) is 8. The largest absolute Gasteiger partial charge is 0.395 e. The van der Waals surface area contributed by atoms with Crippen molar-refractivity contribution in [3.63, 3.8) is 0 Å². The van der Waals surface area contributed by atoms with Crippen LogP contribution in [0, 0.1) is 11.8 Å². The quantitative estimate of drug-likeness (QED) is 0.106. The average Bonchev–Trinajstić information content (AvgIpc) is 3.87. The van der Waals surface area contributed by atoms with E-state index in [1.54, 1.807) is 14.1 Å². The van der Waals surface area contributed by atoms with Gasteiger partial charge in [0.05, 0.1) is 49.0 Å². The molecule has 2 saturated carbocycles. The number of aromatic nitrogens is 6. The van der Waals surface area contributed by atoms with Gasteiger partial charge in [0.2, 0.25) is 0 Å². The van der Waals surface area contributed by atoms with Gasteiger partial charge < -0.3 is 19.6 Å². The molecule has 2 aliphatic rings. The lowest BCUT2D eigenvalue weighted by molar-refractivity contribution is 0.311. The Morgan fingerprint density at radius 3 is 1.48 bits per heavy atom. The van der Waals surface area contributed by atoms with E-state index in [1.807, 2.05) is 36.4 Å². The Hall–Kier alpha value is -3.81. The summed E-state index contributed by atoms with van der Waals surface area (Å²) in [6, 6.07) is 14.4. The topological polar surface area (TPSA) is 168 Å². The number of hydrogen-bond acceptors (Lipinski definition) is 10. The second-order valence-corrected chi connectivity index (χ2v) is 26.5. The number of sulfonamides is 2. The van der Waals surface area contributed by atoms with Crippen molar-refractivity contribution in [3.05, 3.63) is 86.7 Å². The Bertz CT molecular complexity index is 3010. The molecule has 2 aromatic carbocycles. The van der Waals surface area contributed by atoms with E-state index in [2.05, 4.69) is 97.8 Å². The number of rotatable bonds is 13. The van der Waals surface area contributed by atoms with Gasteiger partial charge in [0.1, 0.15) is 32.4 Å². The fourth-order valence-corrected chi connectivity index (χ4v) is 13.0. The van der Waals surface area contributed by atoms with Crippen LogP contribution in [0.1, 0.15) is 117 Å². The summed E-state index contributed by atoms with van der Waals surface area (Å²) in [6.45, 7) is 15.2. The summed E-state index contributed by atoms with van der Waals surface area (Å²) in [7, 11) is -4.56. The van der Waals surface area contributed by atoms with Crippen molar-refractivity contribution < 1.29 is 21.9 Å². The molecule has 69 heavy (non-hydrogen) atoms. The number of benzene rings is 2. The van der Waals surface area contributed by atoms with E-state index < -0.39 is 20.0 Å². The molecule has 2 fully saturated rings. The number of anilines is 3. The fraction of sp³-hybridized carbons (Fsp3) is 0.520. The third-order valence-electron chi connectivity index (χ3n) is 13.2. The van der Waals surface area contributed by atoms with E-state index in [-0.39, 0.29) is 32.4 Å². The summed E-state index contributed by atoms with van der Waals surface area (Å²) in [4.78, 5) is 18.3. The predicted molar refractivity (Wildman–Crippen MR) is 286 cm³/mol. The van der Waals surface area contributed by atoms with E-state index in [0.29, 0.717) is 44.5 Å². The molecular weight excluding hydrogens is 1070 g/mol. The van der Waals surface area contributed by atoms with Gasteiger partial charge in [-0.1, -0.05) is 91.7 Å². The molecule has 4 heterocycles. The summed E-state index contributed by atoms with van der Waals surface area (Å²) in [5.74, 6) is 3.86. The SMILES string of the molecule is CN(c1ccc2c(c1)nc(C(C)(C)C)n2CC1CCCCC1)S(=O)(=O)c1cnc(Cl)c(Br)c1.CN(c1ccc2c(c1)nc(C(C)(C)C)n2CC1CCCCC1)S(=O)(=O)c1cnc(NCCO)c(Br)c1. The van der Waals surface area contributed by atoms with Gasteiger partial charge in [-0.25, -0.2) is 36.8 Å². The molecule has 14 nitrogen and oxygen atoms in total. The van der Waals surface area contributed by atoms with Gasteiger partial charge in [-0.2, -0.15) is 0 Å². The molecule has 2 aliphatic carbocycles. The van der Waals surface area contributed by atoms with Crippen LogP contribution in [0.4, 0.5) is 17.2 Å². The highest BCUT2D eigenvalue weighted by Crippen LogP contribution is 2.36. The van der Waals surface area contributed by atoms with E-state index in [0.717, 1.165) is 46.8 Å². The highest BCUT2D eigenvalue weighted by atomic mass is 79.9. The summed E-state index contributed by atoms with van der Waals surface area (Å²) in [5, 5.41) is 12.2. The van der Waals surface area contributed by atoms with Crippen LogP contribution in [0.2, 0.25) is 5.15 Å². The highest BCUT2D eigenvalue weighted by Gasteiger charge is 2.30. The Balaban J connectivity index is 0.000000205. The first-order valence-corrected chi connectivity index (χ1v) is 28.7. The molecule has 0 saturated heterocycles. The number of aliphatic hydroxyl groups is 1. The first-order valence-electron chi connectivity index (χ1n) is 23.8. The Morgan fingerprint density at radius 2 is 1.09 bits per heavy atom. The van der Waals surface area contributed by atoms with Gasteiger partial charge in [-0.05, 0) is 118 Å². The summed E-state index contributed by atoms with van der Waals surface area (Å²) in [6.07, 6.45) is 15.4. The van der Waals surface area contributed by atoms with Crippen LogP contribution in [-0.2, 0) is 44.0 Å². The van der Waals surface area contributed by atoms with Crippen molar-refractivity contribution in [2.75, 3.05) is 41.2 Å². The maximum absolute atomic E-state index is 13.4. The van der Waals surface area contributed by atoms with Gasteiger partial charge in [-0.15, -0.1) is 0 Å². The van der Waals surface area contributed by atoms with Crippen LogP contribution < -0.4 is 13.9 Å². The third-order valence-corrected chi connectivity index (χ3v) is 18.4. The predicted octanol–water partition coefficient (Wildman–Crippen LogP) is 11.9. The second-order valence-electron chi connectivity index (χ2n) is 20.5. The minimum absolute atomic E-state index is 0.0489. The molecule has 8 rings (SSSR count).